The second-order valence-corrected chi connectivity index (χ2v) is 8.72. The van der Waals surface area contributed by atoms with E-state index in [2.05, 4.69) is 54.2 Å². The maximum atomic E-state index is 11.9. The highest BCUT2D eigenvalue weighted by Crippen LogP contribution is 2.31. The van der Waals surface area contributed by atoms with Crippen LogP contribution in [0.4, 0.5) is 0 Å². The van der Waals surface area contributed by atoms with Gasteiger partial charge in [-0.05, 0) is 51.2 Å². The molecule has 0 atom stereocenters. The van der Waals surface area contributed by atoms with E-state index in [0.717, 1.165) is 10.2 Å². The summed E-state index contributed by atoms with van der Waals surface area (Å²) >= 11 is 5.24. The molecule has 5 heteroatoms. The standard InChI is InChI=1S/C20H24BrNO2S/c1-20(2,3)15-9-10-18(17(21)13-15)24-14-19(23)22-11-12-25-16-7-5-4-6-8-16/h4-10,13H,11-12,14H2,1-3H3,(H,22,23). The predicted octanol–water partition coefficient (Wildman–Crippen LogP) is 5.03. The SMILES string of the molecule is CC(C)(C)c1ccc(OCC(=O)NCCSc2ccccc2)c(Br)c1. The Morgan fingerprint density at radius 3 is 2.52 bits per heavy atom. The van der Waals surface area contributed by atoms with E-state index in [1.54, 1.807) is 11.8 Å². The molecular weight excluding hydrogens is 398 g/mol. The minimum Gasteiger partial charge on any atom is -0.483 e. The highest BCUT2D eigenvalue weighted by Gasteiger charge is 2.15. The van der Waals surface area contributed by atoms with Gasteiger partial charge in [-0.15, -0.1) is 11.8 Å². The Hall–Kier alpha value is -1.46. The number of ether oxygens (including phenoxy) is 1. The summed E-state index contributed by atoms with van der Waals surface area (Å²) in [6.07, 6.45) is 0. The molecule has 0 aliphatic heterocycles. The van der Waals surface area contributed by atoms with Crippen LogP contribution in [0.15, 0.2) is 57.9 Å². The van der Waals surface area contributed by atoms with E-state index in [-0.39, 0.29) is 17.9 Å². The van der Waals surface area contributed by atoms with Crippen LogP contribution in [-0.2, 0) is 10.2 Å². The molecule has 0 saturated heterocycles. The molecule has 0 heterocycles. The van der Waals surface area contributed by atoms with Crippen LogP contribution in [0.1, 0.15) is 26.3 Å². The van der Waals surface area contributed by atoms with Crippen molar-refractivity contribution in [3.63, 3.8) is 0 Å². The Morgan fingerprint density at radius 1 is 1.16 bits per heavy atom. The monoisotopic (exact) mass is 421 g/mol. The third kappa shape index (κ3) is 6.75. The van der Waals surface area contributed by atoms with Gasteiger partial charge in [0.2, 0.25) is 0 Å². The third-order valence-electron chi connectivity index (χ3n) is 3.59. The molecule has 0 aliphatic rings. The lowest BCUT2D eigenvalue weighted by molar-refractivity contribution is -0.122. The summed E-state index contributed by atoms with van der Waals surface area (Å²) in [5, 5.41) is 2.88. The Labute approximate surface area is 162 Å². The zero-order chi connectivity index (χ0) is 18.3. The van der Waals surface area contributed by atoms with Crippen LogP contribution < -0.4 is 10.1 Å². The van der Waals surface area contributed by atoms with E-state index in [1.807, 2.05) is 36.4 Å². The van der Waals surface area contributed by atoms with Gasteiger partial charge < -0.3 is 10.1 Å². The van der Waals surface area contributed by atoms with E-state index in [1.165, 1.54) is 10.5 Å². The van der Waals surface area contributed by atoms with Crippen LogP contribution in [0.5, 0.6) is 5.75 Å². The molecular formula is C20H24BrNO2S. The fraction of sp³-hybridized carbons (Fsp3) is 0.350. The average molecular weight is 422 g/mol. The van der Waals surface area contributed by atoms with Crippen molar-refractivity contribution in [1.29, 1.82) is 0 Å². The topological polar surface area (TPSA) is 38.3 Å². The van der Waals surface area contributed by atoms with Crippen LogP contribution >= 0.6 is 27.7 Å². The summed E-state index contributed by atoms with van der Waals surface area (Å²) < 4.78 is 6.48. The first-order chi connectivity index (χ1) is 11.9. The number of benzene rings is 2. The zero-order valence-corrected chi connectivity index (χ0v) is 17.2. The van der Waals surface area contributed by atoms with Crippen molar-refractivity contribution in [3.05, 3.63) is 58.6 Å². The molecule has 1 amide bonds. The van der Waals surface area contributed by atoms with Gasteiger partial charge in [-0.1, -0.05) is 45.0 Å². The molecule has 1 N–H and O–H groups in total. The minimum absolute atomic E-state index is 0.0173. The van der Waals surface area contributed by atoms with Crippen LogP contribution in [-0.4, -0.2) is 24.8 Å². The first kappa shape index (κ1) is 19.9. The summed E-state index contributed by atoms with van der Waals surface area (Å²) in [7, 11) is 0. The molecule has 134 valence electrons. The number of hydrogen-bond acceptors (Lipinski definition) is 3. The second-order valence-electron chi connectivity index (χ2n) is 6.70. The molecule has 3 nitrogen and oxygen atoms in total. The lowest BCUT2D eigenvalue weighted by Crippen LogP contribution is -2.30. The summed E-state index contributed by atoms with van der Waals surface area (Å²) in [4.78, 5) is 13.1. The molecule has 2 aromatic rings. The minimum atomic E-state index is -0.111. The number of nitrogens with one attached hydrogen (secondary N) is 1. The molecule has 0 fully saturated rings. The van der Waals surface area contributed by atoms with Crippen LogP contribution in [0.2, 0.25) is 0 Å². The molecule has 0 unspecified atom stereocenters. The van der Waals surface area contributed by atoms with Crippen molar-refractivity contribution in [2.75, 3.05) is 18.9 Å². The summed E-state index contributed by atoms with van der Waals surface area (Å²) in [6.45, 7) is 7.12. The molecule has 25 heavy (non-hydrogen) atoms. The molecule has 0 spiro atoms. The lowest BCUT2D eigenvalue weighted by atomic mass is 9.87. The van der Waals surface area contributed by atoms with Crippen molar-refractivity contribution >= 4 is 33.6 Å². The first-order valence-electron chi connectivity index (χ1n) is 8.23. The number of carbonyl (C=O) groups is 1. The van der Waals surface area contributed by atoms with Gasteiger partial charge in [-0.3, -0.25) is 4.79 Å². The summed E-state index contributed by atoms with van der Waals surface area (Å²) in [5.74, 6) is 1.40. The van der Waals surface area contributed by atoms with Gasteiger partial charge in [0.15, 0.2) is 6.61 Å². The Morgan fingerprint density at radius 2 is 1.88 bits per heavy atom. The number of halogens is 1. The fourth-order valence-electron chi connectivity index (χ4n) is 2.15. The zero-order valence-electron chi connectivity index (χ0n) is 14.8. The Kier molecular flexibility index (Phi) is 7.38. The van der Waals surface area contributed by atoms with Gasteiger partial charge in [-0.25, -0.2) is 0 Å². The van der Waals surface area contributed by atoms with Crippen LogP contribution in [0.25, 0.3) is 0 Å². The van der Waals surface area contributed by atoms with Crippen molar-refractivity contribution in [2.45, 2.75) is 31.1 Å². The van der Waals surface area contributed by atoms with E-state index < -0.39 is 0 Å². The van der Waals surface area contributed by atoms with Crippen LogP contribution in [0, 0.1) is 0 Å². The molecule has 0 aromatic heterocycles. The Balaban J connectivity index is 1.73. The quantitative estimate of drug-likeness (QED) is 0.502. The molecule has 0 aliphatic carbocycles. The van der Waals surface area contributed by atoms with Crippen molar-refractivity contribution < 1.29 is 9.53 Å². The average Bonchev–Trinajstić information content (AvgIpc) is 2.57. The van der Waals surface area contributed by atoms with Crippen LogP contribution in [0.3, 0.4) is 0 Å². The van der Waals surface area contributed by atoms with Gasteiger partial charge in [0, 0.05) is 17.2 Å². The Bertz CT molecular complexity index is 699. The normalized spacial score (nSPS) is 11.2. The highest BCUT2D eigenvalue weighted by atomic mass is 79.9. The summed E-state index contributed by atoms with van der Waals surface area (Å²) in [5.41, 5.74) is 1.29. The molecule has 2 rings (SSSR count). The first-order valence-corrected chi connectivity index (χ1v) is 10.0. The lowest BCUT2D eigenvalue weighted by Gasteiger charge is -2.20. The predicted molar refractivity (Wildman–Crippen MR) is 109 cm³/mol. The third-order valence-corrected chi connectivity index (χ3v) is 5.23. The van der Waals surface area contributed by atoms with Crippen molar-refractivity contribution in [2.24, 2.45) is 0 Å². The van der Waals surface area contributed by atoms with Gasteiger partial charge in [0.1, 0.15) is 5.75 Å². The number of rotatable bonds is 7. The number of carbonyl (C=O) groups excluding carboxylic acids is 1. The highest BCUT2D eigenvalue weighted by molar-refractivity contribution is 9.10. The van der Waals surface area contributed by atoms with E-state index >= 15 is 0 Å². The maximum Gasteiger partial charge on any atom is 0.257 e. The van der Waals surface area contributed by atoms with E-state index in [4.69, 9.17) is 4.74 Å². The fourth-order valence-corrected chi connectivity index (χ4v) is 3.44. The van der Waals surface area contributed by atoms with Gasteiger partial charge in [0.05, 0.1) is 4.47 Å². The second kappa shape index (κ2) is 9.30. The van der Waals surface area contributed by atoms with Gasteiger partial charge in [0.25, 0.3) is 5.91 Å². The summed E-state index contributed by atoms with van der Waals surface area (Å²) in [6, 6.07) is 16.1. The van der Waals surface area contributed by atoms with Gasteiger partial charge in [-0.2, -0.15) is 0 Å². The molecule has 0 saturated carbocycles. The molecule has 0 radical (unpaired) electrons. The van der Waals surface area contributed by atoms with Crippen molar-refractivity contribution in [1.82, 2.24) is 5.32 Å². The van der Waals surface area contributed by atoms with E-state index in [9.17, 15) is 4.79 Å². The smallest absolute Gasteiger partial charge is 0.257 e. The number of amides is 1. The number of hydrogen-bond donors (Lipinski definition) is 1. The largest absolute Gasteiger partial charge is 0.483 e. The van der Waals surface area contributed by atoms with Gasteiger partial charge >= 0.3 is 0 Å². The van der Waals surface area contributed by atoms with E-state index in [0.29, 0.717) is 12.3 Å². The maximum absolute atomic E-state index is 11.9. The molecule has 2 aromatic carbocycles. The van der Waals surface area contributed by atoms with Crippen molar-refractivity contribution in [3.8, 4) is 5.75 Å². The molecule has 0 bridgehead atoms. The number of thioether (sulfide) groups is 1.